The Kier molecular flexibility index (Phi) is 4.78. The predicted molar refractivity (Wildman–Crippen MR) is 88.5 cm³/mol. The van der Waals surface area contributed by atoms with Crippen LogP contribution < -0.4 is 11.1 Å². The minimum Gasteiger partial charge on any atom is -0.370 e. The fourth-order valence-corrected chi connectivity index (χ4v) is 2.76. The van der Waals surface area contributed by atoms with Gasteiger partial charge in [0.1, 0.15) is 0 Å². The summed E-state index contributed by atoms with van der Waals surface area (Å²) in [5.41, 5.74) is 7.77. The van der Waals surface area contributed by atoms with Crippen LogP contribution in [-0.2, 0) is 11.2 Å². The number of amides is 2. The molecule has 0 radical (unpaired) electrons. The van der Waals surface area contributed by atoms with Crippen molar-refractivity contribution in [3.05, 3.63) is 23.0 Å². The molecule has 1 fully saturated rings. The van der Waals surface area contributed by atoms with Gasteiger partial charge in [-0.15, -0.1) is 0 Å². The van der Waals surface area contributed by atoms with Gasteiger partial charge in [0.2, 0.25) is 5.91 Å². The number of carbonyl (C=O) groups is 2. The number of nitrogens with two attached hydrogens (primary N) is 1. The lowest BCUT2D eigenvalue weighted by Crippen LogP contribution is -2.26. The molecule has 2 amide bonds. The summed E-state index contributed by atoms with van der Waals surface area (Å²) >= 11 is 0. The van der Waals surface area contributed by atoms with E-state index in [9.17, 15) is 9.59 Å². The van der Waals surface area contributed by atoms with Crippen LogP contribution in [0.4, 0.5) is 0 Å². The molecule has 2 heterocycles. The third kappa shape index (κ3) is 3.55. The van der Waals surface area contributed by atoms with E-state index >= 15 is 0 Å². The second-order valence-electron chi connectivity index (χ2n) is 6.25. The van der Waals surface area contributed by atoms with E-state index in [1.54, 1.807) is 0 Å². The molecular formula is C17H22N4O3. The van der Waals surface area contributed by atoms with Crippen LogP contribution in [0.2, 0.25) is 0 Å². The number of nitrogens with one attached hydrogen (secondary N) is 1. The molecule has 3 N–H and O–H groups in total. The van der Waals surface area contributed by atoms with Gasteiger partial charge in [-0.1, -0.05) is 18.5 Å². The van der Waals surface area contributed by atoms with E-state index in [1.165, 1.54) is 0 Å². The largest absolute Gasteiger partial charge is 0.370 e. The van der Waals surface area contributed by atoms with E-state index in [-0.39, 0.29) is 18.2 Å². The van der Waals surface area contributed by atoms with E-state index in [1.807, 2.05) is 6.07 Å². The van der Waals surface area contributed by atoms with Crippen molar-refractivity contribution in [3.63, 3.8) is 0 Å². The molecule has 1 aliphatic rings. The SMILES string of the molecule is CCCc1noc2nc(C3CC3)cc(C(=O)NCCCC(N)=O)c12. The highest BCUT2D eigenvalue weighted by Crippen LogP contribution is 2.40. The Morgan fingerprint density at radius 2 is 2.21 bits per heavy atom. The maximum Gasteiger partial charge on any atom is 0.259 e. The molecule has 0 atom stereocenters. The van der Waals surface area contributed by atoms with Gasteiger partial charge >= 0.3 is 0 Å². The fourth-order valence-electron chi connectivity index (χ4n) is 2.76. The molecule has 0 bridgehead atoms. The highest BCUT2D eigenvalue weighted by molar-refractivity contribution is 6.06. The minimum atomic E-state index is -0.365. The molecule has 0 aromatic carbocycles. The normalized spacial score (nSPS) is 14.0. The summed E-state index contributed by atoms with van der Waals surface area (Å²) in [6.07, 6.45) is 4.61. The number of aryl methyl sites for hydroxylation is 1. The highest BCUT2D eigenvalue weighted by atomic mass is 16.5. The molecule has 0 unspecified atom stereocenters. The van der Waals surface area contributed by atoms with Gasteiger partial charge in [0.25, 0.3) is 11.6 Å². The summed E-state index contributed by atoms with van der Waals surface area (Å²) in [5.74, 6) is -0.138. The van der Waals surface area contributed by atoms with Crippen LogP contribution in [0, 0.1) is 0 Å². The summed E-state index contributed by atoms with van der Waals surface area (Å²) in [6, 6.07) is 1.86. The number of carbonyl (C=O) groups excluding carboxylic acids is 2. The molecule has 0 aliphatic heterocycles. The first kappa shape index (κ1) is 16.4. The summed E-state index contributed by atoms with van der Waals surface area (Å²) in [6.45, 7) is 2.45. The molecule has 0 saturated heterocycles. The van der Waals surface area contributed by atoms with Gasteiger partial charge in [-0.25, -0.2) is 4.98 Å². The summed E-state index contributed by atoms with van der Waals surface area (Å²) in [5, 5.41) is 7.64. The van der Waals surface area contributed by atoms with Crippen LogP contribution in [0.1, 0.15) is 66.7 Å². The summed E-state index contributed by atoms with van der Waals surface area (Å²) in [7, 11) is 0. The van der Waals surface area contributed by atoms with Crippen molar-refractivity contribution >= 4 is 22.9 Å². The number of primary amides is 1. The molecule has 1 saturated carbocycles. The van der Waals surface area contributed by atoms with Gasteiger partial charge < -0.3 is 15.6 Å². The van der Waals surface area contributed by atoms with Crippen molar-refractivity contribution in [2.24, 2.45) is 5.73 Å². The van der Waals surface area contributed by atoms with Gasteiger partial charge in [0.05, 0.1) is 16.6 Å². The number of fused-ring (bicyclic) bond motifs is 1. The number of pyridine rings is 1. The van der Waals surface area contributed by atoms with Crippen molar-refractivity contribution in [2.45, 2.75) is 51.4 Å². The van der Waals surface area contributed by atoms with E-state index < -0.39 is 0 Å². The van der Waals surface area contributed by atoms with Crippen LogP contribution in [0.15, 0.2) is 10.6 Å². The Labute approximate surface area is 140 Å². The standard InChI is InChI=1S/C17H22N4O3/c1-2-4-12-15-11(16(23)19-8-3-5-14(18)22)9-13(10-6-7-10)20-17(15)24-21-12/h9-10H,2-8H2,1H3,(H2,18,22)(H,19,23). The van der Waals surface area contributed by atoms with Crippen molar-refractivity contribution in [1.82, 2.24) is 15.5 Å². The molecule has 24 heavy (non-hydrogen) atoms. The van der Waals surface area contributed by atoms with Gasteiger partial charge in [0.15, 0.2) is 0 Å². The topological polar surface area (TPSA) is 111 Å². The van der Waals surface area contributed by atoms with Crippen molar-refractivity contribution in [2.75, 3.05) is 6.54 Å². The summed E-state index contributed by atoms with van der Waals surface area (Å²) in [4.78, 5) is 27.9. The van der Waals surface area contributed by atoms with Crippen LogP contribution in [0.25, 0.3) is 11.1 Å². The maximum atomic E-state index is 12.6. The smallest absolute Gasteiger partial charge is 0.259 e. The molecular weight excluding hydrogens is 308 g/mol. The van der Waals surface area contributed by atoms with E-state index in [0.29, 0.717) is 35.5 Å². The van der Waals surface area contributed by atoms with Gasteiger partial charge in [-0.3, -0.25) is 9.59 Å². The Morgan fingerprint density at radius 3 is 2.88 bits per heavy atom. The summed E-state index contributed by atoms with van der Waals surface area (Å²) < 4.78 is 5.37. The Hall–Kier alpha value is -2.44. The number of rotatable bonds is 8. The zero-order chi connectivity index (χ0) is 17.1. The first-order chi connectivity index (χ1) is 11.6. The van der Waals surface area contributed by atoms with Crippen molar-refractivity contribution in [3.8, 4) is 0 Å². The number of hydrogen-bond acceptors (Lipinski definition) is 5. The Morgan fingerprint density at radius 1 is 1.42 bits per heavy atom. The fraction of sp³-hybridized carbons (Fsp3) is 0.529. The quantitative estimate of drug-likeness (QED) is 0.720. The first-order valence-electron chi connectivity index (χ1n) is 8.45. The molecule has 2 aromatic rings. The third-order valence-electron chi connectivity index (χ3n) is 4.15. The van der Waals surface area contributed by atoms with E-state index in [4.69, 9.17) is 10.3 Å². The van der Waals surface area contributed by atoms with Crippen molar-refractivity contribution in [1.29, 1.82) is 0 Å². The second-order valence-corrected chi connectivity index (χ2v) is 6.25. The average Bonchev–Trinajstić information content (AvgIpc) is 3.33. The maximum absolute atomic E-state index is 12.6. The molecule has 128 valence electrons. The van der Waals surface area contributed by atoms with Gasteiger partial charge in [-0.05, 0) is 31.7 Å². The number of nitrogens with zero attached hydrogens (tertiary/aromatic N) is 2. The lowest BCUT2D eigenvalue weighted by Gasteiger charge is -2.08. The number of aromatic nitrogens is 2. The minimum absolute atomic E-state index is 0.186. The van der Waals surface area contributed by atoms with Crippen LogP contribution >= 0.6 is 0 Å². The molecule has 0 spiro atoms. The highest BCUT2D eigenvalue weighted by Gasteiger charge is 2.28. The van der Waals surface area contributed by atoms with Crippen molar-refractivity contribution < 1.29 is 14.1 Å². The van der Waals surface area contributed by atoms with Crippen LogP contribution in [0.3, 0.4) is 0 Å². The molecule has 1 aliphatic carbocycles. The second kappa shape index (κ2) is 6.98. The zero-order valence-corrected chi connectivity index (χ0v) is 13.8. The zero-order valence-electron chi connectivity index (χ0n) is 13.8. The van der Waals surface area contributed by atoms with E-state index in [0.717, 1.165) is 37.1 Å². The van der Waals surface area contributed by atoms with Crippen LogP contribution in [-0.4, -0.2) is 28.5 Å². The molecule has 2 aromatic heterocycles. The van der Waals surface area contributed by atoms with Gasteiger partial charge in [0, 0.05) is 24.6 Å². The lowest BCUT2D eigenvalue weighted by molar-refractivity contribution is -0.118. The van der Waals surface area contributed by atoms with Crippen LogP contribution in [0.5, 0.6) is 0 Å². The molecule has 3 rings (SSSR count). The Bertz CT molecular complexity index is 765. The first-order valence-corrected chi connectivity index (χ1v) is 8.45. The monoisotopic (exact) mass is 330 g/mol. The lowest BCUT2D eigenvalue weighted by atomic mass is 10.0. The molecule has 7 heteroatoms. The third-order valence-corrected chi connectivity index (χ3v) is 4.15. The Balaban J connectivity index is 1.86. The average molecular weight is 330 g/mol. The van der Waals surface area contributed by atoms with Gasteiger partial charge in [-0.2, -0.15) is 0 Å². The number of hydrogen-bond donors (Lipinski definition) is 2. The van der Waals surface area contributed by atoms with E-state index in [2.05, 4.69) is 22.4 Å². The predicted octanol–water partition coefficient (Wildman–Crippen LogP) is 2.05. The molecule has 7 nitrogen and oxygen atoms in total.